The molecule has 5 nitrogen and oxygen atoms in total. The third-order valence-electron chi connectivity index (χ3n) is 4.05. The number of nitrogen functional groups attached to an aromatic ring is 1. The minimum atomic E-state index is -0.293. The first-order valence-electron chi connectivity index (χ1n) is 8.24. The van der Waals surface area contributed by atoms with Gasteiger partial charge in [-0.05, 0) is 36.9 Å². The fourth-order valence-electron chi connectivity index (χ4n) is 2.57. The van der Waals surface area contributed by atoms with Gasteiger partial charge in [0.25, 0.3) is 5.91 Å². The second-order valence-electron chi connectivity index (χ2n) is 5.69. The Labute approximate surface area is 178 Å². The van der Waals surface area contributed by atoms with E-state index in [4.69, 9.17) is 22.1 Å². The Morgan fingerprint density at radius 1 is 1.19 bits per heavy atom. The molecule has 0 fully saturated rings. The fourth-order valence-corrected chi connectivity index (χ4v) is 2.73. The summed E-state index contributed by atoms with van der Waals surface area (Å²) >= 11 is 6.04. The van der Waals surface area contributed by atoms with Crippen molar-refractivity contribution in [3.8, 4) is 5.75 Å². The van der Waals surface area contributed by atoms with Gasteiger partial charge in [0.2, 0.25) is 0 Å². The number of carbonyl (C=O) groups excluding carboxylic acids is 1. The molecule has 0 bridgehead atoms. The maximum Gasteiger partial charge on any atom is 0.259 e. The molecule has 0 aliphatic carbocycles. The first-order chi connectivity index (χ1) is 12.0. The molecule has 2 aromatic carbocycles. The van der Waals surface area contributed by atoms with Crippen LogP contribution >= 0.6 is 36.4 Å². The van der Waals surface area contributed by atoms with Gasteiger partial charge < -0.3 is 15.8 Å². The van der Waals surface area contributed by atoms with Crippen LogP contribution in [-0.2, 0) is 6.54 Å². The van der Waals surface area contributed by atoms with Gasteiger partial charge in [0.1, 0.15) is 5.75 Å². The maximum atomic E-state index is 12.6. The highest BCUT2D eigenvalue weighted by atomic mass is 35.5. The first-order valence-corrected chi connectivity index (χ1v) is 8.61. The highest BCUT2D eigenvalue weighted by Gasteiger charge is 2.15. The Morgan fingerprint density at radius 3 is 2.44 bits per heavy atom. The molecule has 1 amide bonds. The number of anilines is 2. The molecule has 0 radical (unpaired) electrons. The molecule has 2 rings (SSSR count). The van der Waals surface area contributed by atoms with E-state index in [0.717, 1.165) is 30.9 Å². The van der Waals surface area contributed by atoms with Gasteiger partial charge in [-0.1, -0.05) is 37.6 Å². The summed E-state index contributed by atoms with van der Waals surface area (Å²) in [5.74, 6) is 0.0948. The molecule has 0 saturated carbocycles. The third kappa shape index (κ3) is 6.78. The second-order valence-corrected chi connectivity index (χ2v) is 6.10. The van der Waals surface area contributed by atoms with E-state index in [0.29, 0.717) is 22.0 Å². The molecule has 0 heterocycles. The molecule has 3 N–H and O–H groups in total. The number of halogens is 3. The van der Waals surface area contributed by atoms with Gasteiger partial charge in [-0.3, -0.25) is 9.69 Å². The van der Waals surface area contributed by atoms with Crippen molar-refractivity contribution in [3.63, 3.8) is 0 Å². The van der Waals surface area contributed by atoms with Crippen molar-refractivity contribution in [1.82, 2.24) is 4.90 Å². The van der Waals surface area contributed by atoms with E-state index in [1.54, 1.807) is 6.07 Å². The molecule has 0 atom stereocenters. The van der Waals surface area contributed by atoms with Crippen LogP contribution in [0, 0.1) is 0 Å². The zero-order valence-corrected chi connectivity index (χ0v) is 18.0. The molecule has 0 unspecified atom stereocenters. The third-order valence-corrected chi connectivity index (χ3v) is 4.38. The van der Waals surface area contributed by atoms with Crippen molar-refractivity contribution in [2.45, 2.75) is 20.4 Å². The SMILES string of the molecule is CCN(CC)Cc1cccc(NC(=O)c2cc(Cl)c(N)cc2OC)c1.Cl.Cl. The lowest BCUT2D eigenvalue weighted by Crippen LogP contribution is -2.22. The van der Waals surface area contributed by atoms with Crippen LogP contribution in [0.1, 0.15) is 29.8 Å². The topological polar surface area (TPSA) is 67.6 Å². The zero-order valence-electron chi connectivity index (χ0n) is 15.6. The van der Waals surface area contributed by atoms with E-state index in [1.165, 1.54) is 13.2 Å². The number of nitrogens with one attached hydrogen (secondary N) is 1. The monoisotopic (exact) mass is 433 g/mol. The van der Waals surface area contributed by atoms with E-state index in [-0.39, 0.29) is 30.7 Å². The first kappa shape index (κ1) is 25.3. The molecule has 0 saturated heterocycles. The summed E-state index contributed by atoms with van der Waals surface area (Å²) in [4.78, 5) is 14.9. The van der Waals surface area contributed by atoms with Gasteiger partial charge in [-0.15, -0.1) is 24.8 Å². The predicted molar refractivity (Wildman–Crippen MR) is 118 cm³/mol. The van der Waals surface area contributed by atoms with E-state index in [9.17, 15) is 4.79 Å². The van der Waals surface area contributed by atoms with Gasteiger partial charge >= 0.3 is 0 Å². The Morgan fingerprint density at radius 2 is 1.85 bits per heavy atom. The van der Waals surface area contributed by atoms with Crippen LogP contribution in [0.15, 0.2) is 36.4 Å². The zero-order chi connectivity index (χ0) is 18.4. The van der Waals surface area contributed by atoms with Gasteiger partial charge in [0.05, 0.1) is 23.4 Å². The average Bonchev–Trinajstić information content (AvgIpc) is 2.61. The molecule has 0 aliphatic heterocycles. The number of methoxy groups -OCH3 is 1. The van der Waals surface area contributed by atoms with E-state index in [2.05, 4.69) is 30.1 Å². The molecule has 2 aromatic rings. The number of rotatable bonds is 7. The average molecular weight is 435 g/mol. The fraction of sp³-hybridized carbons (Fsp3) is 0.316. The molecule has 0 spiro atoms. The summed E-state index contributed by atoms with van der Waals surface area (Å²) < 4.78 is 5.24. The van der Waals surface area contributed by atoms with Crippen LogP contribution in [0.5, 0.6) is 5.75 Å². The van der Waals surface area contributed by atoms with Gasteiger partial charge in [0, 0.05) is 18.3 Å². The van der Waals surface area contributed by atoms with Crippen LogP contribution < -0.4 is 15.8 Å². The number of hydrogen-bond acceptors (Lipinski definition) is 4. The number of nitrogens with zero attached hydrogens (tertiary/aromatic N) is 1. The summed E-state index contributed by atoms with van der Waals surface area (Å²) in [5.41, 5.74) is 8.35. The maximum absolute atomic E-state index is 12.6. The lowest BCUT2D eigenvalue weighted by atomic mass is 10.1. The number of amides is 1. The van der Waals surface area contributed by atoms with E-state index < -0.39 is 0 Å². The van der Waals surface area contributed by atoms with Gasteiger partial charge in [-0.2, -0.15) is 0 Å². The van der Waals surface area contributed by atoms with Gasteiger partial charge in [0.15, 0.2) is 0 Å². The van der Waals surface area contributed by atoms with Crippen LogP contribution in [0.3, 0.4) is 0 Å². The summed E-state index contributed by atoms with van der Waals surface area (Å²) in [6.45, 7) is 7.06. The van der Waals surface area contributed by atoms with Crippen LogP contribution in [0.4, 0.5) is 11.4 Å². The lowest BCUT2D eigenvalue weighted by Gasteiger charge is -2.18. The largest absolute Gasteiger partial charge is 0.496 e. The van der Waals surface area contributed by atoms with E-state index >= 15 is 0 Å². The molecule has 27 heavy (non-hydrogen) atoms. The molecular weight excluding hydrogens is 409 g/mol. The van der Waals surface area contributed by atoms with Crippen molar-refractivity contribution in [3.05, 3.63) is 52.5 Å². The van der Waals surface area contributed by atoms with Crippen molar-refractivity contribution in [2.24, 2.45) is 0 Å². The number of hydrogen-bond donors (Lipinski definition) is 2. The molecule has 0 aromatic heterocycles. The second kappa shape index (κ2) is 11.9. The smallest absolute Gasteiger partial charge is 0.259 e. The Kier molecular flexibility index (Phi) is 11.2. The lowest BCUT2D eigenvalue weighted by molar-refractivity contribution is 0.102. The number of benzene rings is 2. The normalized spacial score (nSPS) is 9.96. The highest BCUT2D eigenvalue weighted by Crippen LogP contribution is 2.29. The highest BCUT2D eigenvalue weighted by molar-refractivity contribution is 6.33. The minimum absolute atomic E-state index is 0. The number of nitrogens with two attached hydrogens (primary N) is 1. The summed E-state index contributed by atoms with van der Waals surface area (Å²) in [6, 6.07) is 10.9. The number of ether oxygens (including phenoxy) is 1. The van der Waals surface area contributed by atoms with Crippen LogP contribution in [0.25, 0.3) is 0 Å². The minimum Gasteiger partial charge on any atom is -0.496 e. The predicted octanol–water partition coefficient (Wildman–Crippen LogP) is 4.87. The molecule has 0 aliphatic rings. The Balaban J connectivity index is 0.00000338. The van der Waals surface area contributed by atoms with Crippen LogP contribution in [-0.4, -0.2) is 31.0 Å². The Hall–Kier alpha value is -1.66. The molecule has 8 heteroatoms. The van der Waals surface area contributed by atoms with Gasteiger partial charge in [-0.25, -0.2) is 0 Å². The van der Waals surface area contributed by atoms with Crippen molar-refractivity contribution < 1.29 is 9.53 Å². The van der Waals surface area contributed by atoms with Crippen molar-refractivity contribution in [1.29, 1.82) is 0 Å². The van der Waals surface area contributed by atoms with E-state index in [1.807, 2.05) is 18.2 Å². The number of carbonyl (C=O) groups is 1. The summed E-state index contributed by atoms with van der Waals surface area (Å²) in [5, 5.41) is 3.21. The van der Waals surface area contributed by atoms with Crippen molar-refractivity contribution >= 4 is 53.7 Å². The van der Waals surface area contributed by atoms with Crippen molar-refractivity contribution in [2.75, 3.05) is 31.2 Å². The summed E-state index contributed by atoms with van der Waals surface area (Å²) in [6.07, 6.45) is 0. The quantitative estimate of drug-likeness (QED) is 0.610. The standard InChI is InChI=1S/C19H24ClN3O2.2ClH/c1-4-23(5-2)12-13-7-6-8-14(9-13)22-19(24)15-10-16(20)17(21)11-18(15)25-3;;/h6-11H,4-5,12,21H2,1-3H3,(H,22,24);2*1H. The molecular formula is C19H26Cl3N3O2. The van der Waals surface area contributed by atoms with Crippen LogP contribution in [0.2, 0.25) is 5.02 Å². The summed E-state index contributed by atoms with van der Waals surface area (Å²) in [7, 11) is 1.49. The Bertz CT molecular complexity index is 753. The molecule has 150 valence electrons.